The van der Waals surface area contributed by atoms with E-state index in [2.05, 4.69) is 15.8 Å². The van der Waals surface area contributed by atoms with Gasteiger partial charge in [0.1, 0.15) is 18.8 Å². The Kier molecular flexibility index (Phi) is 6.48. The van der Waals surface area contributed by atoms with E-state index in [1.165, 1.54) is 0 Å². The number of nitrogens with one attached hydrogen (secondary N) is 3. The molecular formula is C19H17Cl2N5O3. The number of rotatable bonds is 6. The molecule has 0 spiro atoms. The number of fused-ring (bicyclic) bond motifs is 1. The smallest absolute Gasteiger partial charge is 0.253 e. The van der Waals surface area contributed by atoms with Gasteiger partial charge in [0.25, 0.3) is 11.8 Å². The zero-order valence-electron chi connectivity index (χ0n) is 15.0. The summed E-state index contributed by atoms with van der Waals surface area (Å²) in [6, 6.07) is 10.9. The van der Waals surface area contributed by atoms with E-state index in [0.29, 0.717) is 26.7 Å². The lowest BCUT2D eigenvalue weighted by Gasteiger charge is -2.33. The molecule has 5 N–H and O–H groups in total. The van der Waals surface area contributed by atoms with Gasteiger partial charge in [-0.1, -0.05) is 47.5 Å². The SMILES string of the molecule is N=CN=C(N)CONC(=O)[C@@H]1c2ccccc2C(=O)N[C@H]1c1ccc(Cl)cc1Cl. The van der Waals surface area contributed by atoms with E-state index in [4.69, 9.17) is 39.2 Å². The summed E-state index contributed by atoms with van der Waals surface area (Å²) < 4.78 is 0. The molecule has 29 heavy (non-hydrogen) atoms. The van der Waals surface area contributed by atoms with E-state index in [1.807, 2.05) is 0 Å². The summed E-state index contributed by atoms with van der Waals surface area (Å²) in [6.45, 7) is -0.200. The van der Waals surface area contributed by atoms with Gasteiger partial charge in [-0.2, -0.15) is 0 Å². The maximum Gasteiger partial charge on any atom is 0.253 e. The van der Waals surface area contributed by atoms with Crippen molar-refractivity contribution < 1.29 is 14.4 Å². The highest BCUT2D eigenvalue weighted by Crippen LogP contribution is 2.40. The number of aliphatic imine (C=N–C) groups is 1. The van der Waals surface area contributed by atoms with Crippen LogP contribution in [0.25, 0.3) is 0 Å². The fourth-order valence-electron chi connectivity index (χ4n) is 3.13. The van der Waals surface area contributed by atoms with Gasteiger partial charge in [-0.15, -0.1) is 0 Å². The van der Waals surface area contributed by atoms with Crippen LogP contribution < -0.4 is 16.5 Å². The molecule has 0 aromatic heterocycles. The van der Waals surface area contributed by atoms with Crippen molar-refractivity contribution in [2.24, 2.45) is 10.7 Å². The van der Waals surface area contributed by atoms with E-state index in [9.17, 15) is 9.59 Å². The zero-order valence-corrected chi connectivity index (χ0v) is 16.5. The van der Waals surface area contributed by atoms with Gasteiger partial charge in [-0.3, -0.25) is 19.8 Å². The van der Waals surface area contributed by atoms with Gasteiger partial charge in [0, 0.05) is 15.6 Å². The third-order valence-corrected chi connectivity index (χ3v) is 4.93. The van der Waals surface area contributed by atoms with Crippen molar-refractivity contribution in [3.8, 4) is 0 Å². The first-order chi connectivity index (χ1) is 13.9. The van der Waals surface area contributed by atoms with Crippen molar-refractivity contribution >= 4 is 47.2 Å². The summed E-state index contributed by atoms with van der Waals surface area (Å²) in [5.74, 6) is -1.61. The van der Waals surface area contributed by atoms with Gasteiger partial charge in [0.15, 0.2) is 0 Å². The van der Waals surface area contributed by atoms with Crippen LogP contribution in [-0.4, -0.2) is 30.6 Å². The Hall–Kier alpha value is -2.94. The fraction of sp³-hybridized carbons (Fsp3) is 0.158. The number of carbonyl (C=O) groups is 2. The van der Waals surface area contributed by atoms with Crippen LogP contribution in [0.3, 0.4) is 0 Å². The summed E-state index contributed by atoms with van der Waals surface area (Å²) in [6.07, 6.45) is 0.770. The average Bonchev–Trinajstić information content (AvgIpc) is 2.68. The van der Waals surface area contributed by atoms with Crippen molar-refractivity contribution in [3.63, 3.8) is 0 Å². The number of halogens is 2. The molecule has 8 nitrogen and oxygen atoms in total. The van der Waals surface area contributed by atoms with Crippen molar-refractivity contribution in [1.29, 1.82) is 5.41 Å². The van der Waals surface area contributed by atoms with Gasteiger partial charge in [-0.05, 0) is 29.3 Å². The van der Waals surface area contributed by atoms with E-state index >= 15 is 0 Å². The number of nitrogens with zero attached hydrogens (tertiary/aromatic N) is 1. The minimum absolute atomic E-state index is 0.0231. The number of hydrogen-bond acceptors (Lipinski definition) is 4. The second-order valence-corrected chi connectivity index (χ2v) is 7.03. The fourth-order valence-corrected chi connectivity index (χ4v) is 3.65. The molecule has 2 amide bonds. The number of nitrogens with two attached hydrogens (primary N) is 1. The van der Waals surface area contributed by atoms with Crippen molar-refractivity contribution in [1.82, 2.24) is 10.8 Å². The normalized spacial score (nSPS) is 18.6. The quantitative estimate of drug-likeness (QED) is 0.316. The molecule has 1 heterocycles. The predicted octanol–water partition coefficient (Wildman–Crippen LogP) is 2.57. The van der Waals surface area contributed by atoms with E-state index in [1.54, 1.807) is 42.5 Å². The molecular weight excluding hydrogens is 417 g/mol. The Morgan fingerprint density at radius 3 is 2.76 bits per heavy atom. The van der Waals surface area contributed by atoms with Crippen LogP contribution in [0, 0.1) is 5.41 Å². The third-order valence-electron chi connectivity index (χ3n) is 4.36. The molecule has 0 bridgehead atoms. The monoisotopic (exact) mass is 433 g/mol. The van der Waals surface area contributed by atoms with Gasteiger partial charge in [-0.25, -0.2) is 10.5 Å². The van der Waals surface area contributed by atoms with Crippen LogP contribution in [0.15, 0.2) is 47.5 Å². The number of hydroxylamine groups is 1. The van der Waals surface area contributed by atoms with Gasteiger partial charge in [0.05, 0.1) is 12.0 Å². The Morgan fingerprint density at radius 2 is 2.03 bits per heavy atom. The summed E-state index contributed by atoms with van der Waals surface area (Å²) in [5, 5.41) is 10.5. The molecule has 1 aliphatic heterocycles. The second kappa shape index (κ2) is 9.04. The third kappa shape index (κ3) is 4.56. The van der Waals surface area contributed by atoms with E-state index in [-0.39, 0.29) is 18.3 Å². The molecule has 0 radical (unpaired) electrons. The molecule has 0 aliphatic carbocycles. The Labute approximate surface area is 176 Å². The van der Waals surface area contributed by atoms with Crippen LogP contribution in [0.4, 0.5) is 0 Å². The number of amidine groups is 1. The largest absolute Gasteiger partial charge is 0.385 e. The maximum absolute atomic E-state index is 13.0. The summed E-state index contributed by atoms with van der Waals surface area (Å²) in [4.78, 5) is 34.2. The molecule has 0 unspecified atom stereocenters. The molecule has 1 aliphatic rings. The highest BCUT2D eigenvalue weighted by molar-refractivity contribution is 6.35. The molecule has 2 atom stereocenters. The van der Waals surface area contributed by atoms with Crippen LogP contribution >= 0.6 is 23.2 Å². The molecule has 2 aromatic carbocycles. The van der Waals surface area contributed by atoms with Crippen LogP contribution in [0.2, 0.25) is 10.0 Å². The highest BCUT2D eigenvalue weighted by Gasteiger charge is 2.40. The Bertz CT molecular complexity index is 996. The Morgan fingerprint density at radius 1 is 1.28 bits per heavy atom. The predicted molar refractivity (Wildman–Crippen MR) is 110 cm³/mol. The zero-order chi connectivity index (χ0) is 21.0. The first-order valence-electron chi connectivity index (χ1n) is 8.50. The standard InChI is InChI=1S/C19H17Cl2N5O3/c20-10-5-6-13(14(21)7-10)17-16(19(28)26-29-8-15(23)24-9-22)11-3-1-2-4-12(11)18(27)25-17/h1-7,9,16-17H,8H2,(H,25,27)(H,26,28)(H3,22,23,24)/t16-,17+/m1/s1. The second-order valence-electron chi connectivity index (χ2n) is 6.19. The Balaban J connectivity index is 1.94. The lowest BCUT2D eigenvalue weighted by molar-refractivity contribution is -0.134. The van der Waals surface area contributed by atoms with Crippen molar-refractivity contribution in [2.45, 2.75) is 12.0 Å². The van der Waals surface area contributed by atoms with Crippen LogP contribution in [0.1, 0.15) is 33.4 Å². The number of benzene rings is 2. The van der Waals surface area contributed by atoms with Crippen LogP contribution in [-0.2, 0) is 9.63 Å². The van der Waals surface area contributed by atoms with E-state index in [0.717, 1.165) is 6.34 Å². The van der Waals surface area contributed by atoms with Gasteiger partial charge < -0.3 is 11.1 Å². The highest BCUT2D eigenvalue weighted by atomic mass is 35.5. The summed E-state index contributed by atoms with van der Waals surface area (Å²) in [5.41, 5.74) is 9.33. The molecule has 0 fully saturated rings. The number of amides is 2. The van der Waals surface area contributed by atoms with Crippen molar-refractivity contribution in [3.05, 3.63) is 69.2 Å². The minimum atomic E-state index is -0.816. The molecule has 150 valence electrons. The van der Waals surface area contributed by atoms with Crippen molar-refractivity contribution in [2.75, 3.05) is 6.61 Å². The lowest BCUT2D eigenvalue weighted by Crippen LogP contribution is -2.45. The lowest BCUT2D eigenvalue weighted by atomic mass is 9.80. The van der Waals surface area contributed by atoms with E-state index < -0.39 is 17.9 Å². The topological polar surface area (TPSA) is 130 Å². The number of carbonyl (C=O) groups excluding carboxylic acids is 2. The van der Waals surface area contributed by atoms with Gasteiger partial charge >= 0.3 is 0 Å². The average molecular weight is 434 g/mol. The molecule has 2 aromatic rings. The number of hydrogen-bond donors (Lipinski definition) is 4. The molecule has 0 saturated carbocycles. The summed E-state index contributed by atoms with van der Waals surface area (Å²) >= 11 is 12.3. The molecule has 0 saturated heterocycles. The van der Waals surface area contributed by atoms with Crippen LogP contribution in [0.5, 0.6) is 0 Å². The van der Waals surface area contributed by atoms with Gasteiger partial charge in [0.2, 0.25) is 0 Å². The summed E-state index contributed by atoms with van der Waals surface area (Å²) in [7, 11) is 0. The minimum Gasteiger partial charge on any atom is -0.385 e. The maximum atomic E-state index is 13.0. The first-order valence-corrected chi connectivity index (χ1v) is 9.25. The molecule has 10 heteroatoms. The molecule has 3 rings (SSSR count). The first kappa shape index (κ1) is 20.8.